The molecule has 2 aromatic heterocycles. The van der Waals surface area contributed by atoms with Crippen LogP contribution in [-0.2, 0) is 11.3 Å². The third-order valence-electron chi connectivity index (χ3n) is 2.25. The second-order valence-corrected chi connectivity index (χ2v) is 4.63. The van der Waals surface area contributed by atoms with Crippen molar-refractivity contribution in [3.63, 3.8) is 0 Å². The lowest BCUT2D eigenvalue weighted by Crippen LogP contribution is -2.01. The predicted molar refractivity (Wildman–Crippen MR) is 66.9 cm³/mol. The van der Waals surface area contributed by atoms with Crippen LogP contribution in [0.5, 0.6) is 0 Å². The monoisotopic (exact) mass is 248 g/mol. The van der Waals surface area contributed by atoms with Gasteiger partial charge in [-0.2, -0.15) is 0 Å². The predicted octanol–water partition coefficient (Wildman–Crippen LogP) is 2.64. The highest BCUT2D eigenvalue weighted by Crippen LogP contribution is 2.23. The zero-order chi connectivity index (χ0) is 12.3. The van der Waals surface area contributed by atoms with Gasteiger partial charge < -0.3 is 9.67 Å². The summed E-state index contributed by atoms with van der Waals surface area (Å²) in [6.45, 7) is 2.34. The summed E-state index contributed by atoms with van der Waals surface area (Å²) in [6.07, 6.45) is 4.80. The Balaban J connectivity index is 2.24. The smallest absolute Gasteiger partial charge is 0.328 e. The van der Waals surface area contributed by atoms with E-state index in [-0.39, 0.29) is 0 Å². The number of thiophene rings is 1. The van der Waals surface area contributed by atoms with Gasteiger partial charge in [-0.1, -0.05) is 6.07 Å². The third kappa shape index (κ3) is 2.82. The molecule has 1 N–H and O–H groups in total. The number of hydrogen-bond acceptors (Lipinski definition) is 3. The lowest BCUT2D eigenvalue weighted by Gasteiger charge is -2.06. The van der Waals surface area contributed by atoms with Crippen LogP contribution < -0.4 is 0 Å². The Morgan fingerprint density at radius 3 is 3.12 bits per heavy atom. The molecule has 2 aromatic rings. The van der Waals surface area contributed by atoms with E-state index in [1.807, 2.05) is 28.3 Å². The average molecular weight is 248 g/mol. The quantitative estimate of drug-likeness (QED) is 0.846. The number of aliphatic carboxylic acids is 1. The lowest BCUT2D eigenvalue weighted by atomic mass is 10.3. The molecule has 2 rings (SSSR count). The van der Waals surface area contributed by atoms with Gasteiger partial charge in [-0.05, 0) is 23.9 Å². The maximum Gasteiger partial charge on any atom is 0.328 e. The summed E-state index contributed by atoms with van der Waals surface area (Å²) in [6, 6.07) is 3.97. The zero-order valence-corrected chi connectivity index (χ0v) is 10.1. The fraction of sp³-hybridized carbons (Fsp3) is 0.167. The highest BCUT2D eigenvalue weighted by atomic mass is 32.1. The number of aromatic nitrogens is 2. The number of carboxylic acids is 1. The Labute approximate surface area is 103 Å². The fourth-order valence-corrected chi connectivity index (χ4v) is 2.33. The summed E-state index contributed by atoms with van der Waals surface area (Å²) < 4.78 is 1.95. The van der Waals surface area contributed by atoms with Crippen molar-refractivity contribution in [2.75, 3.05) is 0 Å². The molecule has 17 heavy (non-hydrogen) atoms. The maximum absolute atomic E-state index is 10.6. The van der Waals surface area contributed by atoms with Gasteiger partial charge in [-0.3, -0.25) is 0 Å². The van der Waals surface area contributed by atoms with Crippen LogP contribution in [0.2, 0.25) is 0 Å². The highest BCUT2D eigenvalue weighted by Gasteiger charge is 2.07. The number of allylic oxidation sites excluding steroid dienone is 1. The lowest BCUT2D eigenvalue weighted by molar-refractivity contribution is -0.131. The Hall–Kier alpha value is -1.88. The first-order chi connectivity index (χ1) is 8.16. The van der Waals surface area contributed by atoms with Crippen molar-refractivity contribution in [1.82, 2.24) is 9.55 Å². The second-order valence-electron chi connectivity index (χ2n) is 3.68. The van der Waals surface area contributed by atoms with Crippen LogP contribution in [0, 0.1) is 0 Å². The summed E-state index contributed by atoms with van der Waals surface area (Å²) in [5.74, 6) is -0.0431. The van der Waals surface area contributed by atoms with Crippen molar-refractivity contribution in [3.8, 4) is 10.7 Å². The van der Waals surface area contributed by atoms with Gasteiger partial charge in [0.1, 0.15) is 5.82 Å². The van der Waals surface area contributed by atoms with E-state index < -0.39 is 5.97 Å². The molecule has 0 aliphatic carbocycles. The molecule has 88 valence electrons. The number of hydrogen-bond donors (Lipinski definition) is 1. The van der Waals surface area contributed by atoms with Crippen LogP contribution in [0.4, 0.5) is 0 Å². The molecule has 0 atom stereocenters. The van der Waals surface area contributed by atoms with Gasteiger partial charge in [0.2, 0.25) is 0 Å². The van der Waals surface area contributed by atoms with Gasteiger partial charge in [0.15, 0.2) is 0 Å². The van der Waals surface area contributed by atoms with Crippen molar-refractivity contribution in [2.45, 2.75) is 13.5 Å². The van der Waals surface area contributed by atoms with E-state index in [0.29, 0.717) is 6.54 Å². The maximum atomic E-state index is 10.6. The van der Waals surface area contributed by atoms with E-state index in [9.17, 15) is 4.79 Å². The number of carboxylic acid groups (broad SMARTS) is 1. The van der Waals surface area contributed by atoms with Crippen molar-refractivity contribution in [1.29, 1.82) is 0 Å². The third-order valence-corrected chi connectivity index (χ3v) is 3.11. The molecule has 0 saturated heterocycles. The first kappa shape index (κ1) is 11.6. The van der Waals surface area contributed by atoms with Crippen LogP contribution in [-0.4, -0.2) is 20.6 Å². The van der Waals surface area contributed by atoms with Crippen LogP contribution in [0.1, 0.15) is 6.92 Å². The standard InChI is InChI=1S/C12H12N2O2S/c1-9(7-11(15)16)8-14-5-4-13-12(14)10-3-2-6-17-10/h2-7H,8H2,1H3,(H,15,16). The van der Waals surface area contributed by atoms with Crippen LogP contribution >= 0.6 is 11.3 Å². The highest BCUT2D eigenvalue weighted by molar-refractivity contribution is 7.13. The fourth-order valence-electron chi connectivity index (χ4n) is 1.59. The number of nitrogens with zero attached hydrogens (tertiary/aromatic N) is 2. The Morgan fingerprint density at radius 1 is 1.65 bits per heavy atom. The van der Waals surface area contributed by atoms with E-state index in [1.54, 1.807) is 24.5 Å². The average Bonchev–Trinajstić information content (AvgIpc) is 2.84. The zero-order valence-electron chi connectivity index (χ0n) is 9.33. The molecule has 0 spiro atoms. The topological polar surface area (TPSA) is 55.1 Å². The summed E-state index contributed by atoms with van der Waals surface area (Å²) in [4.78, 5) is 15.9. The molecule has 0 radical (unpaired) electrons. The summed E-state index contributed by atoms with van der Waals surface area (Å²) in [7, 11) is 0. The number of rotatable bonds is 4. The van der Waals surface area contributed by atoms with Crippen LogP contribution in [0.3, 0.4) is 0 Å². The van der Waals surface area contributed by atoms with Gasteiger partial charge in [0.25, 0.3) is 0 Å². The minimum Gasteiger partial charge on any atom is -0.478 e. The largest absolute Gasteiger partial charge is 0.478 e. The van der Waals surface area contributed by atoms with E-state index in [1.165, 1.54) is 6.08 Å². The minimum absolute atomic E-state index is 0.541. The van der Waals surface area contributed by atoms with Crippen LogP contribution in [0.25, 0.3) is 10.7 Å². The van der Waals surface area contributed by atoms with E-state index in [4.69, 9.17) is 5.11 Å². The molecular weight excluding hydrogens is 236 g/mol. The molecule has 0 aliphatic rings. The van der Waals surface area contributed by atoms with Crippen molar-refractivity contribution < 1.29 is 9.90 Å². The molecule has 5 heteroatoms. The summed E-state index contributed by atoms with van der Waals surface area (Å²) in [5, 5.41) is 10.7. The Kier molecular flexibility index (Phi) is 3.39. The molecule has 0 unspecified atom stereocenters. The van der Waals surface area contributed by atoms with Gasteiger partial charge in [0, 0.05) is 25.0 Å². The van der Waals surface area contributed by atoms with Crippen molar-refractivity contribution in [3.05, 3.63) is 41.6 Å². The van der Waals surface area contributed by atoms with Gasteiger partial charge in [-0.25, -0.2) is 9.78 Å². The molecule has 0 bridgehead atoms. The second kappa shape index (κ2) is 4.97. The van der Waals surface area contributed by atoms with Gasteiger partial charge in [0.05, 0.1) is 4.88 Å². The molecule has 0 aliphatic heterocycles. The SMILES string of the molecule is CC(=CC(=O)O)Cn1ccnc1-c1cccs1. The molecule has 0 aromatic carbocycles. The molecule has 2 heterocycles. The molecule has 4 nitrogen and oxygen atoms in total. The Morgan fingerprint density at radius 2 is 2.47 bits per heavy atom. The van der Waals surface area contributed by atoms with E-state index in [2.05, 4.69) is 4.98 Å². The number of imidazole rings is 1. The Bertz CT molecular complexity index is 541. The first-order valence-corrected chi connectivity index (χ1v) is 6.00. The normalized spacial score (nSPS) is 11.7. The molecule has 0 amide bonds. The van der Waals surface area contributed by atoms with Gasteiger partial charge >= 0.3 is 5.97 Å². The minimum atomic E-state index is -0.916. The number of carbonyl (C=O) groups is 1. The first-order valence-electron chi connectivity index (χ1n) is 5.12. The molecule has 0 saturated carbocycles. The summed E-state index contributed by atoms with van der Waals surface area (Å²) in [5.41, 5.74) is 0.785. The molecule has 0 fully saturated rings. The van der Waals surface area contributed by atoms with E-state index in [0.717, 1.165) is 16.3 Å². The van der Waals surface area contributed by atoms with Gasteiger partial charge in [-0.15, -0.1) is 11.3 Å². The van der Waals surface area contributed by atoms with Crippen LogP contribution in [0.15, 0.2) is 41.6 Å². The van der Waals surface area contributed by atoms with Crippen molar-refractivity contribution >= 4 is 17.3 Å². The van der Waals surface area contributed by atoms with E-state index >= 15 is 0 Å². The van der Waals surface area contributed by atoms with Crippen molar-refractivity contribution in [2.24, 2.45) is 0 Å². The molecular formula is C12H12N2O2S. The summed E-state index contributed by atoms with van der Waals surface area (Å²) >= 11 is 1.62.